The summed E-state index contributed by atoms with van der Waals surface area (Å²) in [5.41, 5.74) is 0.284. The molecule has 1 fully saturated rings. The molecule has 0 saturated heterocycles. The van der Waals surface area contributed by atoms with Gasteiger partial charge < -0.3 is 14.0 Å². The Morgan fingerprint density at radius 2 is 2.12 bits per heavy atom. The van der Waals surface area contributed by atoms with Gasteiger partial charge in [-0.1, -0.05) is 19.3 Å². The molecule has 130 valence electrons. The zero-order valence-electron chi connectivity index (χ0n) is 14.1. The Bertz CT molecular complexity index is 830. The molecular formula is C18H20N4O3. The number of carbonyl (C=O) groups excluding carboxylic acids is 2. The minimum atomic E-state index is -0.780. The Morgan fingerprint density at radius 1 is 1.36 bits per heavy atom. The number of hydrogen-bond donors (Lipinski definition) is 0. The summed E-state index contributed by atoms with van der Waals surface area (Å²) in [6.45, 7) is -0.374. The molecule has 2 aromatic heterocycles. The van der Waals surface area contributed by atoms with E-state index in [4.69, 9.17) is 4.74 Å². The number of esters is 1. The number of nitrogens with zero attached hydrogens (tertiary/aromatic N) is 4. The number of carbonyl (C=O) groups is 2. The van der Waals surface area contributed by atoms with Crippen LogP contribution in [0.25, 0.3) is 5.65 Å². The van der Waals surface area contributed by atoms with Crippen molar-refractivity contribution in [2.75, 3.05) is 13.7 Å². The third kappa shape index (κ3) is 3.33. The van der Waals surface area contributed by atoms with Crippen LogP contribution in [0.2, 0.25) is 0 Å². The van der Waals surface area contributed by atoms with Crippen molar-refractivity contribution in [3.05, 3.63) is 36.3 Å². The molecule has 0 aliphatic heterocycles. The van der Waals surface area contributed by atoms with Crippen molar-refractivity contribution in [3.63, 3.8) is 0 Å². The summed E-state index contributed by atoms with van der Waals surface area (Å²) >= 11 is 0. The third-order valence-electron chi connectivity index (χ3n) is 4.86. The molecule has 0 atom stereocenters. The summed E-state index contributed by atoms with van der Waals surface area (Å²) in [7, 11) is 1.61. The number of rotatable bonds is 4. The topological polar surface area (TPSA) is 87.7 Å². The van der Waals surface area contributed by atoms with E-state index < -0.39 is 11.5 Å². The zero-order chi connectivity index (χ0) is 17.9. The Hall–Kier alpha value is -2.88. The predicted octanol–water partition coefficient (Wildman–Crippen LogP) is 2.18. The average molecular weight is 340 g/mol. The van der Waals surface area contributed by atoms with Crippen LogP contribution in [0.3, 0.4) is 0 Å². The van der Waals surface area contributed by atoms with Crippen LogP contribution < -0.4 is 0 Å². The van der Waals surface area contributed by atoms with Crippen molar-refractivity contribution in [1.29, 1.82) is 5.26 Å². The third-order valence-corrected chi connectivity index (χ3v) is 4.86. The normalized spacial score (nSPS) is 16.2. The summed E-state index contributed by atoms with van der Waals surface area (Å²) in [5, 5.41) is 9.54. The van der Waals surface area contributed by atoms with Crippen molar-refractivity contribution in [1.82, 2.24) is 14.3 Å². The fraction of sp³-hybridized carbons (Fsp3) is 0.444. The first-order valence-electron chi connectivity index (χ1n) is 8.33. The zero-order valence-corrected chi connectivity index (χ0v) is 14.1. The fourth-order valence-corrected chi connectivity index (χ4v) is 3.25. The van der Waals surface area contributed by atoms with E-state index in [0.29, 0.717) is 18.4 Å². The van der Waals surface area contributed by atoms with Gasteiger partial charge >= 0.3 is 5.97 Å². The van der Waals surface area contributed by atoms with E-state index in [-0.39, 0.29) is 12.5 Å². The van der Waals surface area contributed by atoms with E-state index in [1.165, 1.54) is 4.90 Å². The van der Waals surface area contributed by atoms with Gasteiger partial charge in [-0.15, -0.1) is 0 Å². The first-order valence-corrected chi connectivity index (χ1v) is 8.33. The number of likely N-dealkylation sites (N-methyl/N-ethyl adjacent to an activating group) is 1. The molecule has 1 amide bonds. The fourth-order valence-electron chi connectivity index (χ4n) is 3.25. The van der Waals surface area contributed by atoms with Crippen molar-refractivity contribution >= 4 is 17.5 Å². The van der Waals surface area contributed by atoms with Crippen LogP contribution in [0.1, 0.15) is 42.5 Å². The van der Waals surface area contributed by atoms with Gasteiger partial charge in [0.05, 0.1) is 11.6 Å². The van der Waals surface area contributed by atoms with E-state index in [1.54, 1.807) is 42.2 Å². The number of ether oxygens (including phenoxy) is 1. The lowest BCUT2D eigenvalue weighted by Crippen LogP contribution is -2.51. The highest BCUT2D eigenvalue weighted by molar-refractivity contribution is 5.91. The lowest BCUT2D eigenvalue weighted by Gasteiger charge is -2.38. The molecule has 0 unspecified atom stereocenters. The Morgan fingerprint density at radius 3 is 2.84 bits per heavy atom. The molecule has 0 spiro atoms. The van der Waals surface area contributed by atoms with Crippen molar-refractivity contribution in [3.8, 4) is 6.07 Å². The Kier molecular flexibility index (Phi) is 4.70. The molecule has 0 radical (unpaired) electrons. The summed E-state index contributed by atoms with van der Waals surface area (Å²) in [4.78, 5) is 30.1. The average Bonchev–Trinajstić information content (AvgIpc) is 3.13. The second-order valence-electron chi connectivity index (χ2n) is 6.34. The summed E-state index contributed by atoms with van der Waals surface area (Å²) in [6, 6.07) is 5.60. The van der Waals surface area contributed by atoms with Gasteiger partial charge in [0, 0.05) is 25.6 Å². The van der Waals surface area contributed by atoms with E-state index in [2.05, 4.69) is 11.1 Å². The van der Waals surface area contributed by atoms with Crippen LogP contribution in [0.5, 0.6) is 0 Å². The quantitative estimate of drug-likeness (QED) is 0.796. The molecule has 7 heteroatoms. The standard InChI is InChI=1S/C18H20N4O3/c1-21(18(13-19)7-3-2-4-8-18)16(23)12-25-17(24)14-5-6-15-20-9-10-22(15)11-14/h5-6,9-11H,2-4,7-8,12H2,1H3. The molecule has 25 heavy (non-hydrogen) atoms. The smallest absolute Gasteiger partial charge is 0.340 e. The second-order valence-corrected chi connectivity index (χ2v) is 6.34. The summed E-state index contributed by atoms with van der Waals surface area (Å²) in [5.74, 6) is -0.937. The molecule has 2 aromatic rings. The van der Waals surface area contributed by atoms with Gasteiger partial charge in [0.25, 0.3) is 5.91 Å². The maximum atomic E-state index is 12.4. The SMILES string of the molecule is CN(C(=O)COC(=O)c1ccc2nccn2c1)C1(C#N)CCCCC1. The molecule has 7 nitrogen and oxygen atoms in total. The lowest BCUT2D eigenvalue weighted by atomic mass is 9.81. The van der Waals surface area contributed by atoms with Gasteiger partial charge in [-0.3, -0.25) is 4.79 Å². The van der Waals surface area contributed by atoms with E-state index in [1.807, 2.05) is 0 Å². The molecule has 0 N–H and O–H groups in total. The minimum absolute atomic E-state index is 0.341. The first-order chi connectivity index (χ1) is 12.1. The molecule has 3 rings (SSSR count). The second kappa shape index (κ2) is 6.93. The molecule has 1 aliphatic rings. The van der Waals surface area contributed by atoms with Crippen LogP contribution in [0, 0.1) is 11.3 Å². The Labute approximate surface area is 145 Å². The van der Waals surface area contributed by atoms with Crippen molar-refractivity contribution < 1.29 is 14.3 Å². The van der Waals surface area contributed by atoms with Crippen molar-refractivity contribution in [2.24, 2.45) is 0 Å². The molecular weight excluding hydrogens is 320 g/mol. The Balaban J connectivity index is 1.62. The van der Waals surface area contributed by atoms with Crippen LogP contribution in [0.4, 0.5) is 0 Å². The minimum Gasteiger partial charge on any atom is -0.452 e. The number of aromatic nitrogens is 2. The monoisotopic (exact) mass is 340 g/mol. The molecule has 1 saturated carbocycles. The highest BCUT2D eigenvalue weighted by atomic mass is 16.5. The molecule has 1 aliphatic carbocycles. The maximum Gasteiger partial charge on any atom is 0.340 e. The summed E-state index contributed by atoms with van der Waals surface area (Å²) < 4.78 is 6.85. The predicted molar refractivity (Wildman–Crippen MR) is 89.7 cm³/mol. The maximum absolute atomic E-state index is 12.4. The van der Waals surface area contributed by atoms with E-state index >= 15 is 0 Å². The van der Waals surface area contributed by atoms with Crippen molar-refractivity contribution in [2.45, 2.75) is 37.6 Å². The highest BCUT2D eigenvalue weighted by Gasteiger charge is 2.39. The largest absolute Gasteiger partial charge is 0.452 e. The van der Waals surface area contributed by atoms with Gasteiger partial charge in [0.1, 0.15) is 11.2 Å². The van der Waals surface area contributed by atoms with Crippen LogP contribution in [-0.4, -0.2) is 45.4 Å². The van der Waals surface area contributed by atoms with E-state index in [9.17, 15) is 14.9 Å². The van der Waals surface area contributed by atoms with E-state index in [0.717, 1.165) is 24.9 Å². The summed E-state index contributed by atoms with van der Waals surface area (Å²) in [6.07, 6.45) is 9.23. The number of fused-ring (bicyclic) bond motifs is 1. The number of pyridine rings is 1. The molecule has 0 aromatic carbocycles. The van der Waals surface area contributed by atoms with Gasteiger partial charge in [0.15, 0.2) is 6.61 Å². The first kappa shape index (κ1) is 17.0. The number of amides is 1. The van der Waals surface area contributed by atoms with Crippen LogP contribution in [-0.2, 0) is 9.53 Å². The van der Waals surface area contributed by atoms with Gasteiger partial charge in [0.2, 0.25) is 0 Å². The number of imidazole rings is 1. The van der Waals surface area contributed by atoms with Gasteiger partial charge in [-0.2, -0.15) is 5.26 Å². The number of hydrogen-bond acceptors (Lipinski definition) is 5. The van der Waals surface area contributed by atoms with Crippen LogP contribution >= 0.6 is 0 Å². The van der Waals surface area contributed by atoms with Crippen LogP contribution in [0.15, 0.2) is 30.7 Å². The lowest BCUT2D eigenvalue weighted by molar-refractivity contribution is -0.138. The molecule has 2 heterocycles. The highest BCUT2D eigenvalue weighted by Crippen LogP contribution is 2.32. The van der Waals surface area contributed by atoms with Gasteiger partial charge in [-0.05, 0) is 25.0 Å². The van der Waals surface area contributed by atoms with Gasteiger partial charge in [-0.25, -0.2) is 9.78 Å². The molecule has 0 bridgehead atoms. The number of nitriles is 1.